The second kappa shape index (κ2) is 7.82. The van der Waals surface area contributed by atoms with Gasteiger partial charge in [-0.25, -0.2) is 4.79 Å². The molecule has 0 spiro atoms. The van der Waals surface area contributed by atoms with Crippen LogP contribution >= 0.6 is 0 Å². The quantitative estimate of drug-likeness (QED) is 0.827. The molecule has 1 fully saturated rings. The minimum Gasteiger partial charge on any atom is -0.481 e. The molecule has 134 valence electrons. The Morgan fingerprint density at radius 1 is 0.923 bits per heavy atom. The Bertz CT molecular complexity index is 812. The smallest absolute Gasteiger partial charge is 0.321 e. The lowest BCUT2D eigenvalue weighted by Gasteiger charge is -2.30. The highest BCUT2D eigenvalue weighted by atomic mass is 16.4. The SMILES string of the molecule is O=C(c1ccccc1)c1cccc(NC(=O)N2CCC(C(=O)O)CC2)c1. The first kappa shape index (κ1) is 17.7. The van der Waals surface area contributed by atoms with Gasteiger partial charge in [-0.1, -0.05) is 42.5 Å². The third-order valence-corrected chi connectivity index (χ3v) is 4.54. The molecule has 0 bridgehead atoms. The number of urea groups is 1. The van der Waals surface area contributed by atoms with Crippen molar-refractivity contribution in [3.8, 4) is 0 Å². The topological polar surface area (TPSA) is 86.7 Å². The number of carboxylic acid groups (broad SMARTS) is 1. The first-order chi connectivity index (χ1) is 12.5. The predicted molar refractivity (Wildman–Crippen MR) is 97.3 cm³/mol. The van der Waals surface area contributed by atoms with Crippen LogP contribution in [0.4, 0.5) is 10.5 Å². The van der Waals surface area contributed by atoms with Crippen LogP contribution in [0, 0.1) is 5.92 Å². The largest absolute Gasteiger partial charge is 0.481 e. The lowest BCUT2D eigenvalue weighted by atomic mass is 9.97. The predicted octanol–water partition coefficient (Wildman–Crippen LogP) is 3.25. The molecular formula is C20H20N2O4. The molecule has 0 aliphatic carbocycles. The summed E-state index contributed by atoms with van der Waals surface area (Å²) in [5, 5.41) is 11.8. The van der Waals surface area contributed by atoms with Gasteiger partial charge in [0, 0.05) is 29.9 Å². The number of rotatable bonds is 4. The average molecular weight is 352 g/mol. The molecule has 2 aromatic rings. The highest BCUT2D eigenvalue weighted by Crippen LogP contribution is 2.19. The van der Waals surface area contributed by atoms with Gasteiger partial charge in [-0.3, -0.25) is 9.59 Å². The number of hydrogen-bond donors (Lipinski definition) is 2. The maximum Gasteiger partial charge on any atom is 0.321 e. The van der Waals surface area contributed by atoms with E-state index in [1.54, 1.807) is 53.4 Å². The van der Waals surface area contributed by atoms with Crippen molar-refractivity contribution in [1.82, 2.24) is 4.90 Å². The second-order valence-corrected chi connectivity index (χ2v) is 6.31. The van der Waals surface area contributed by atoms with Gasteiger partial charge in [-0.15, -0.1) is 0 Å². The van der Waals surface area contributed by atoms with Crippen LogP contribution in [0.15, 0.2) is 54.6 Å². The fourth-order valence-electron chi connectivity index (χ4n) is 3.03. The van der Waals surface area contributed by atoms with Crippen molar-refractivity contribution in [2.45, 2.75) is 12.8 Å². The van der Waals surface area contributed by atoms with Crippen LogP contribution in [-0.4, -0.2) is 40.9 Å². The number of benzene rings is 2. The fraction of sp³-hybridized carbons (Fsp3) is 0.250. The Balaban J connectivity index is 1.65. The number of hydrogen-bond acceptors (Lipinski definition) is 3. The molecule has 6 nitrogen and oxygen atoms in total. The third-order valence-electron chi connectivity index (χ3n) is 4.54. The summed E-state index contributed by atoms with van der Waals surface area (Å²) >= 11 is 0. The van der Waals surface area contributed by atoms with Crippen LogP contribution in [0.2, 0.25) is 0 Å². The molecule has 1 aliphatic heterocycles. The molecule has 0 saturated carbocycles. The van der Waals surface area contributed by atoms with Crippen LogP contribution in [-0.2, 0) is 4.79 Å². The van der Waals surface area contributed by atoms with Gasteiger partial charge in [-0.2, -0.15) is 0 Å². The number of carbonyl (C=O) groups is 3. The number of carboxylic acids is 1. The molecule has 0 unspecified atom stereocenters. The van der Waals surface area contributed by atoms with Gasteiger partial charge in [0.05, 0.1) is 5.92 Å². The maximum absolute atomic E-state index is 12.5. The van der Waals surface area contributed by atoms with Crippen LogP contribution in [0.25, 0.3) is 0 Å². The molecule has 2 amide bonds. The number of carbonyl (C=O) groups excluding carboxylic acids is 2. The first-order valence-electron chi connectivity index (χ1n) is 8.53. The monoisotopic (exact) mass is 352 g/mol. The zero-order valence-electron chi connectivity index (χ0n) is 14.2. The van der Waals surface area contributed by atoms with Crippen LogP contribution in [0.1, 0.15) is 28.8 Å². The number of likely N-dealkylation sites (tertiary alicyclic amines) is 1. The number of nitrogens with one attached hydrogen (secondary N) is 1. The molecule has 3 rings (SSSR count). The maximum atomic E-state index is 12.5. The standard InChI is InChI=1S/C20H20N2O4/c23-18(14-5-2-1-3-6-14)16-7-4-8-17(13-16)21-20(26)22-11-9-15(10-12-22)19(24)25/h1-8,13,15H,9-12H2,(H,21,26)(H,24,25). The van der Waals surface area contributed by atoms with Crippen molar-refractivity contribution in [3.63, 3.8) is 0 Å². The Kier molecular flexibility index (Phi) is 5.31. The van der Waals surface area contributed by atoms with E-state index in [0.29, 0.717) is 42.7 Å². The highest BCUT2D eigenvalue weighted by molar-refractivity contribution is 6.09. The van der Waals surface area contributed by atoms with Crippen molar-refractivity contribution < 1.29 is 19.5 Å². The van der Waals surface area contributed by atoms with E-state index >= 15 is 0 Å². The molecule has 1 heterocycles. The molecule has 0 radical (unpaired) electrons. The van der Waals surface area contributed by atoms with Crippen LogP contribution < -0.4 is 5.32 Å². The molecule has 26 heavy (non-hydrogen) atoms. The Hall–Kier alpha value is -3.15. The second-order valence-electron chi connectivity index (χ2n) is 6.31. The third kappa shape index (κ3) is 4.08. The number of ketones is 1. The zero-order valence-corrected chi connectivity index (χ0v) is 14.2. The van der Waals surface area contributed by atoms with Gasteiger partial charge >= 0.3 is 12.0 Å². The Morgan fingerprint density at radius 2 is 1.58 bits per heavy atom. The first-order valence-corrected chi connectivity index (χ1v) is 8.53. The number of aliphatic carboxylic acids is 1. The van der Waals surface area contributed by atoms with Gasteiger partial charge in [0.25, 0.3) is 0 Å². The van der Waals surface area contributed by atoms with Crippen molar-refractivity contribution in [2.75, 3.05) is 18.4 Å². The number of amides is 2. The van der Waals surface area contributed by atoms with E-state index in [1.165, 1.54) is 0 Å². The number of nitrogens with zero attached hydrogens (tertiary/aromatic N) is 1. The van der Waals surface area contributed by atoms with E-state index < -0.39 is 5.97 Å². The van der Waals surface area contributed by atoms with Crippen molar-refractivity contribution in [1.29, 1.82) is 0 Å². The fourth-order valence-corrected chi connectivity index (χ4v) is 3.03. The molecule has 2 aromatic carbocycles. The van der Waals surface area contributed by atoms with Gasteiger partial charge in [-0.05, 0) is 25.0 Å². The van der Waals surface area contributed by atoms with E-state index in [2.05, 4.69) is 5.32 Å². The molecular weight excluding hydrogens is 332 g/mol. The Labute approximate surface area is 151 Å². The van der Waals surface area contributed by atoms with Crippen LogP contribution in [0.5, 0.6) is 0 Å². The number of anilines is 1. The van der Waals surface area contributed by atoms with Gasteiger partial charge in [0.15, 0.2) is 5.78 Å². The van der Waals surface area contributed by atoms with Gasteiger partial charge in [0.1, 0.15) is 0 Å². The van der Waals surface area contributed by atoms with Gasteiger partial charge in [0.2, 0.25) is 0 Å². The minimum atomic E-state index is -0.808. The summed E-state index contributed by atoms with van der Waals surface area (Å²) in [5.74, 6) is -1.30. The lowest BCUT2D eigenvalue weighted by molar-refractivity contribution is -0.143. The summed E-state index contributed by atoms with van der Waals surface area (Å²) in [4.78, 5) is 37.5. The summed E-state index contributed by atoms with van der Waals surface area (Å²) in [6.45, 7) is 0.816. The van der Waals surface area contributed by atoms with E-state index in [-0.39, 0.29) is 17.7 Å². The highest BCUT2D eigenvalue weighted by Gasteiger charge is 2.27. The Morgan fingerprint density at radius 3 is 2.23 bits per heavy atom. The van der Waals surface area contributed by atoms with Crippen molar-refractivity contribution in [2.24, 2.45) is 5.92 Å². The van der Waals surface area contributed by atoms with E-state index in [4.69, 9.17) is 5.11 Å². The molecule has 1 aliphatic rings. The number of piperidine rings is 1. The summed E-state index contributed by atoms with van der Waals surface area (Å²) in [7, 11) is 0. The lowest BCUT2D eigenvalue weighted by Crippen LogP contribution is -2.42. The minimum absolute atomic E-state index is 0.107. The zero-order chi connectivity index (χ0) is 18.5. The van der Waals surface area contributed by atoms with Gasteiger partial charge < -0.3 is 15.3 Å². The van der Waals surface area contributed by atoms with E-state index in [1.807, 2.05) is 6.07 Å². The van der Waals surface area contributed by atoms with E-state index in [0.717, 1.165) is 0 Å². The van der Waals surface area contributed by atoms with Crippen LogP contribution in [0.3, 0.4) is 0 Å². The average Bonchev–Trinajstić information content (AvgIpc) is 2.68. The van der Waals surface area contributed by atoms with E-state index in [9.17, 15) is 14.4 Å². The summed E-state index contributed by atoms with van der Waals surface area (Å²) in [5.41, 5.74) is 1.63. The molecule has 2 N–H and O–H groups in total. The molecule has 1 saturated heterocycles. The molecule has 0 aromatic heterocycles. The summed E-state index contributed by atoms with van der Waals surface area (Å²) in [6, 6.07) is 15.5. The normalized spacial score (nSPS) is 14.7. The summed E-state index contributed by atoms with van der Waals surface area (Å²) < 4.78 is 0. The van der Waals surface area contributed by atoms with Crippen molar-refractivity contribution in [3.05, 3.63) is 65.7 Å². The summed E-state index contributed by atoms with van der Waals surface area (Å²) in [6.07, 6.45) is 0.907. The molecule has 0 atom stereocenters. The van der Waals surface area contributed by atoms with Crippen molar-refractivity contribution >= 4 is 23.5 Å². The molecule has 6 heteroatoms.